The third-order valence-corrected chi connectivity index (χ3v) is 19.5. The molecule has 0 spiro atoms. The number of hydrogen-bond donors (Lipinski definition) is 0. The van der Waals surface area contributed by atoms with Crippen LogP contribution in [0.4, 0.5) is 39.8 Å². The predicted octanol–water partition coefficient (Wildman–Crippen LogP) is 18.4. The molecule has 0 unspecified atom stereocenters. The van der Waals surface area contributed by atoms with Crippen molar-refractivity contribution in [3.8, 4) is 17.4 Å². The molecule has 0 aliphatic carbocycles. The lowest BCUT2D eigenvalue weighted by atomic mass is 10.0. The monoisotopic (exact) mass is 1030 g/mol. The molecule has 0 amide bonds. The Labute approximate surface area is 459 Å². The highest BCUT2D eigenvalue weighted by Gasteiger charge is 2.32. The lowest BCUT2D eigenvalue weighted by molar-refractivity contribution is 1.18. The van der Waals surface area contributed by atoms with Crippen molar-refractivity contribution in [3.05, 3.63) is 284 Å². The molecule has 7 heteroatoms. The molecule has 372 valence electrons. The molecule has 0 atom stereocenters. The van der Waals surface area contributed by atoms with Crippen molar-refractivity contribution in [1.82, 2.24) is 9.13 Å². The fourth-order valence-electron chi connectivity index (χ4n) is 12.3. The second-order valence-electron chi connectivity index (χ2n) is 20.7. The Balaban J connectivity index is 0.921. The molecular formula is C72H50N6Si. The van der Waals surface area contributed by atoms with Crippen molar-refractivity contribution in [2.24, 2.45) is 0 Å². The average molecular weight is 1030 g/mol. The van der Waals surface area contributed by atoms with Gasteiger partial charge in [0, 0.05) is 66.4 Å². The van der Waals surface area contributed by atoms with E-state index in [2.05, 4.69) is 286 Å². The molecule has 0 N–H and O–H groups in total. The number of nitrogens with zero attached hydrogens (tertiary/aromatic N) is 6. The lowest BCUT2D eigenvalue weighted by Gasteiger charge is -2.32. The first-order valence-electron chi connectivity index (χ1n) is 26.7. The van der Waals surface area contributed by atoms with E-state index in [1.54, 1.807) is 0 Å². The molecule has 2 aromatic heterocycles. The zero-order valence-electron chi connectivity index (χ0n) is 43.6. The first kappa shape index (κ1) is 47.0. The number of fused-ring (bicyclic) bond motifs is 8. The number of hydrogen-bond acceptors (Lipinski definition) is 3. The minimum absolute atomic E-state index is 0.601. The SMILES string of the molecule is [C-]#[N+]c1ccc(N(c2ccc3c(c2)c2ccccc2n3-c2ccccc2)c2ccc([Si](C)(C)c3ccc(N(c4ccc(C#N)cc4)c4ccc5c(c4)c4ccccc4n5-c4ccccc4)c4ccccc34)c3ccccc23)cc1. The number of para-hydroxylation sites is 4. The van der Waals surface area contributed by atoms with Crippen LogP contribution in [0.2, 0.25) is 13.1 Å². The van der Waals surface area contributed by atoms with Gasteiger partial charge in [0.1, 0.15) is 8.07 Å². The van der Waals surface area contributed by atoms with E-state index in [4.69, 9.17) is 6.57 Å². The highest BCUT2D eigenvalue weighted by atomic mass is 28.3. The van der Waals surface area contributed by atoms with E-state index >= 15 is 0 Å². The number of nitriles is 1. The van der Waals surface area contributed by atoms with Gasteiger partial charge in [0.2, 0.25) is 0 Å². The topological polar surface area (TPSA) is 44.5 Å². The van der Waals surface area contributed by atoms with Crippen LogP contribution in [-0.2, 0) is 0 Å². The molecule has 0 saturated carbocycles. The van der Waals surface area contributed by atoms with Gasteiger partial charge in [0.15, 0.2) is 5.69 Å². The number of rotatable bonds is 10. The van der Waals surface area contributed by atoms with Crippen LogP contribution in [0.5, 0.6) is 0 Å². The van der Waals surface area contributed by atoms with Crippen molar-refractivity contribution in [2.45, 2.75) is 13.1 Å². The lowest BCUT2D eigenvalue weighted by Crippen LogP contribution is -2.53. The van der Waals surface area contributed by atoms with Gasteiger partial charge < -0.3 is 18.9 Å². The minimum atomic E-state index is -2.55. The van der Waals surface area contributed by atoms with Crippen molar-refractivity contribution >= 4 is 123 Å². The molecule has 0 aliphatic heterocycles. The van der Waals surface area contributed by atoms with Gasteiger partial charge in [-0.25, -0.2) is 4.85 Å². The standard InChI is InChI=1S/C72H50N6Si/c1-74-50-32-36-54(37-33-50)76(56-39-41-70-64(47-56)60-25-15-17-29-66(60)78(70)52-20-8-5-9-21-52)68-43-45-72(62-27-13-11-23-58(62)68)79(2,3)71-44-42-67(57-22-10-12-26-61(57)71)75(53-34-30-49(48-73)31-35-53)55-38-40-69-63(46-55)59-24-14-16-28-65(59)77(69)51-18-6-4-7-19-51/h4-47H,2-3H3. The van der Waals surface area contributed by atoms with Crippen molar-refractivity contribution in [2.75, 3.05) is 9.80 Å². The van der Waals surface area contributed by atoms with Crippen molar-refractivity contribution in [1.29, 1.82) is 5.26 Å². The molecule has 0 radical (unpaired) electrons. The van der Waals surface area contributed by atoms with E-state index in [1.807, 2.05) is 24.3 Å². The third-order valence-electron chi connectivity index (χ3n) is 16.0. The van der Waals surface area contributed by atoms with Crippen LogP contribution in [-0.4, -0.2) is 17.2 Å². The molecule has 12 aromatic carbocycles. The highest BCUT2D eigenvalue weighted by Crippen LogP contribution is 2.45. The van der Waals surface area contributed by atoms with Crippen LogP contribution in [0.1, 0.15) is 5.56 Å². The number of benzene rings is 12. The summed E-state index contributed by atoms with van der Waals surface area (Å²) in [5.41, 5.74) is 14.2. The summed E-state index contributed by atoms with van der Waals surface area (Å²) in [7, 11) is -2.55. The fourth-order valence-corrected chi connectivity index (χ4v) is 15.4. The zero-order chi connectivity index (χ0) is 53.2. The summed E-state index contributed by atoms with van der Waals surface area (Å²) < 4.78 is 4.71. The van der Waals surface area contributed by atoms with Gasteiger partial charge in [0.25, 0.3) is 0 Å². The van der Waals surface area contributed by atoms with E-state index in [1.165, 1.54) is 37.3 Å². The summed E-state index contributed by atoms with van der Waals surface area (Å²) in [6.07, 6.45) is 0. The molecule has 0 fully saturated rings. The molecule has 2 heterocycles. The maximum Gasteiger partial charge on any atom is 0.187 e. The van der Waals surface area contributed by atoms with Crippen LogP contribution < -0.4 is 20.2 Å². The van der Waals surface area contributed by atoms with E-state index in [-0.39, 0.29) is 0 Å². The first-order valence-corrected chi connectivity index (χ1v) is 29.7. The maximum atomic E-state index is 9.92. The maximum absolute atomic E-state index is 9.92. The largest absolute Gasteiger partial charge is 0.310 e. The van der Waals surface area contributed by atoms with Gasteiger partial charge in [-0.1, -0.05) is 159 Å². The van der Waals surface area contributed by atoms with Crippen LogP contribution in [0.15, 0.2) is 267 Å². The third kappa shape index (κ3) is 7.75. The Kier molecular flexibility index (Phi) is 11.3. The zero-order valence-corrected chi connectivity index (χ0v) is 44.6. The summed E-state index contributed by atoms with van der Waals surface area (Å²) in [6.45, 7) is 12.8. The Morgan fingerprint density at radius 2 is 0.734 bits per heavy atom. The van der Waals surface area contributed by atoms with E-state index in [0.29, 0.717) is 11.3 Å². The minimum Gasteiger partial charge on any atom is -0.310 e. The van der Waals surface area contributed by atoms with Gasteiger partial charge in [-0.05, 0) is 142 Å². The van der Waals surface area contributed by atoms with E-state index < -0.39 is 8.07 Å². The van der Waals surface area contributed by atoms with E-state index in [0.717, 1.165) is 83.7 Å². The molecule has 79 heavy (non-hydrogen) atoms. The fraction of sp³-hybridized carbons (Fsp3) is 0.0278. The number of anilines is 6. The summed E-state index contributed by atoms with van der Waals surface area (Å²) in [5, 5.41) is 22.0. The first-order chi connectivity index (χ1) is 38.9. The predicted molar refractivity (Wildman–Crippen MR) is 334 cm³/mol. The summed E-state index contributed by atoms with van der Waals surface area (Å²) in [6, 6.07) is 97.6. The normalized spacial score (nSPS) is 11.6. The van der Waals surface area contributed by atoms with Crippen LogP contribution in [0, 0.1) is 17.9 Å². The van der Waals surface area contributed by atoms with Gasteiger partial charge >= 0.3 is 0 Å². The smallest absolute Gasteiger partial charge is 0.187 e. The molecule has 0 aliphatic rings. The summed E-state index contributed by atoms with van der Waals surface area (Å²) >= 11 is 0. The van der Waals surface area contributed by atoms with Gasteiger partial charge in [0.05, 0.1) is 51.6 Å². The summed E-state index contributed by atoms with van der Waals surface area (Å²) in [5.74, 6) is 0. The van der Waals surface area contributed by atoms with Crippen LogP contribution in [0.25, 0.3) is 81.4 Å². The molecule has 14 rings (SSSR count). The van der Waals surface area contributed by atoms with Crippen LogP contribution in [0.3, 0.4) is 0 Å². The van der Waals surface area contributed by atoms with Crippen LogP contribution >= 0.6 is 0 Å². The van der Waals surface area contributed by atoms with E-state index in [9.17, 15) is 5.26 Å². The summed E-state index contributed by atoms with van der Waals surface area (Å²) in [4.78, 5) is 8.48. The number of aromatic nitrogens is 2. The second kappa shape index (κ2) is 19.0. The quantitative estimate of drug-likeness (QED) is 0.101. The Morgan fingerprint density at radius 1 is 0.367 bits per heavy atom. The Morgan fingerprint density at radius 3 is 1.16 bits per heavy atom. The van der Waals surface area contributed by atoms with Gasteiger partial charge in [-0.15, -0.1) is 0 Å². The van der Waals surface area contributed by atoms with Gasteiger partial charge in [-0.2, -0.15) is 5.26 Å². The molecule has 14 aromatic rings. The molecule has 0 bridgehead atoms. The van der Waals surface area contributed by atoms with Crippen molar-refractivity contribution in [3.63, 3.8) is 0 Å². The highest BCUT2D eigenvalue weighted by molar-refractivity contribution is 7.03. The Hall–Kier alpha value is -10.4. The van der Waals surface area contributed by atoms with Gasteiger partial charge in [-0.3, -0.25) is 0 Å². The van der Waals surface area contributed by atoms with Crippen molar-refractivity contribution < 1.29 is 0 Å². The average Bonchev–Trinajstić information content (AvgIpc) is 4.03. The second-order valence-corrected chi connectivity index (χ2v) is 25.0. The molecular weight excluding hydrogens is 977 g/mol. The Bertz CT molecular complexity index is 4470. The molecule has 6 nitrogen and oxygen atoms in total. The molecule has 0 saturated heterocycles.